The van der Waals surface area contributed by atoms with E-state index in [2.05, 4.69) is 15.0 Å². The van der Waals surface area contributed by atoms with Crippen LogP contribution >= 0.6 is 0 Å². The van der Waals surface area contributed by atoms with E-state index in [4.69, 9.17) is 0 Å². The van der Waals surface area contributed by atoms with Crippen LogP contribution in [-0.4, -0.2) is 15.0 Å². The highest BCUT2D eigenvalue weighted by Crippen LogP contribution is 2.31. The Labute approximate surface area is 159 Å². The zero-order valence-electron chi connectivity index (χ0n) is 14.6. The molecule has 0 amide bonds. The first-order valence-electron chi connectivity index (χ1n) is 8.51. The molecule has 0 aliphatic rings. The SMILES string of the molecule is FC(F)(F)c1ccc(-c2cc(-c3ccc(-c4ccncc4)cc3)ncn2)cc1. The lowest BCUT2D eigenvalue weighted by Gasteiger charge is -2.08. The zero-order valence-corrected chi connectivity index (χ0v) is 14.6. The molecular formula is C22H14F3N3. The molecule has 0 fully saturated rings. The first-order valence-corrected chi connectivity index (χ1v) is 8.51. The van der Waals surface area contributed by atoms with Crippen molar-refractivity contribution < 1.29 is 13.2 Å². The lowest BCUT2D eigenvalue weighted by Crippen LogP contribution is -2.04. The Kier molecular flexibility index (Phi) is 4.61. The van der Waals surface area contributed by atoms with E-state index in [9.17, 15) is 13.2 Å². The van der Waals surface area contributed by atoms with Gasteiger partial charge in [0.15, 0.2) is 0 Å². The van der Waals surface area contributed by atoms with Crippen LogP contribution in [0.1, 0.15) is 5.56 Å². The molecule has 0 spiro atoms. The van der Waals surface area contributed by atoms with E-state index in [-0.39, 0.29) is 0 Å². The summed E-state index contributed by atoms with van der Waals surface area (Å²) in [6, 6.07) is 18.5. The van der Waals surface area contributed by atoms with Crippen LogP contribution in [0.5, 0.6) is 0 Å². The largest absolute Gasteiger partial charge is 0.416 e. The summed E-state index contributed by atoms with van der Waals surface area (Å²) in [5, 5.41) is 0. The van der Waals surface area contributed by atoms with Gasteiger partial charge in [-0.05, 0) is 41.5 Å². The third-order valence-electron chi connectivity index (χ3n) is 4.37. The van der Waals surface area contributed by atoms with Crippen molar-refractivity contribution in [3.8, 4) is 33.6 Å². The van der Waals surface area contributed by atoms with Crippen LogP contribution in [0.2, 0.25) is 0 Å². The molecule has 2 aromatic heterocycles. The van der Waals surface area contributed by atoms with Crippen molar-refractivity contribution in [3.05, 3.63) is 91.0 Å². The highest BCUT2D eigenvalue weighted by atomic mass is 19.4. The standard InChI is InChI=1S/C22H14F3N3/c23-22(24,25)19-7-5-18(6-8-19)21-13-20(27-14-28-21)17-3-1-15(2-4-17)16-9-11-26-12-10-16/h1-14H. The molecule has 0 saturated carbocycles. The molecule has 4 rings (SSSR count). The normalized spacial score (nSPS) is 11.4. The van der Waals surface area contributed by atoms with Crippen molar-refractivity contribution in [2.45, 2.75) is 6.18 Å². The van der Waals surface area contributed by atoms with Gasteiger partial charge in [-0.2, -0.15) is 13.2 Å². The quantitative estimate of drug-likeness (QED) is 0.447. The van der Waals surface area contributed by atoms with Crippen LogP contribution in [0.15, 0.2) is 85.5 Å². The highest BCUT2D eigenvalue weighted by Gasteiger charge is 2.30. The van der Waals surface area contributed by atoms with Gasteiger partial charge in [0.1, 0.15) is 6.33 Å². The number of halogens is 3. The van der Waals surface area contributed by atoms with Crippen molar-refractivity contribution in [3.63, 3.8) is 0 Å². The minimum absolute atomic E-state index is 0.567. The third-order valence-corrected chi connectivity index (χ3v) is 4.37. The summed E-state index contributed by atoms with van der Waals surface area (Å²) < 4.78 is 38.2. The molecule has 0 saturated heterocycles. The van der Waals surface area contributed by atoms with E-state index < -0.39 is 11.7 Å². The van der Waals surface area contributed by atoms with Crippen molar-refractivity contribution in [1.82, 2.24) is 15.0 Å². The molecular weight excluding hydrogens is 363 g/mol. The maximum atomic E-state index is 12.7. The molecule has 28 heavy (non-hydrogen) atoms. The number of pyridine rings is 1. The monoisotopic (exact) mass is 377 g/mol. The minimum atomic E-state index is -4.36. The fourth-order valence-corrected chi connectivity index (χ4v) is 2.88. The first kappa shape index (κ1) is 17.9. The zero-order chi connectivity index (χ0) is 19.6. The third kappa shape index (κ3) is 3.76. The average Bonchev–Trinajstić information content (AvgIpc) is 2.74. The lowest BCUT2D eigenvalue weighted by atomic mass is 10.0. The van der Waals surface area contributed by atoms with E-state index in [0.717, 1.165) is 28.8 Å². The van der Waals surface area contributed by atoms with Gasteiger partial charge in [0.2, 0.25) is 0 Å². The van der Waals surface area contributed by atoms with Crippen LogP contribution < -0.4 is 0 Å². The number of aromatic nitrogens is 3. The van der Waals surface area contributed by atoms with Crippen LogP contribution in [0.25, 0.3) is 33.6 Å². The number of hydrogen-bond acceptors (Lipinski definition) is 3. The molecule has 4 aromatic rings. The Morgan fingerprint density at radius 3 is 1.57 bits per heavy atom. The minimum Gasteiger partial charge on any atom is -0.265 e. The van der Waals surface area contributed by atoms with Crippen LogP contribution in [0.3, 0.4) is 0 Å². The Morgan fingerprint density at radius 2 is 1.04 bits per heavy atom. The molecule has 3 nitrogen and oxygen atoms in total. The smallest absolute Gasteiger partial charge is 0.265 e. The fourth-order valence-electron chi connectivity index (χ4n) is 2.88. The molecule has 0 radical (unpaired) electrons. The summed E-state index contributed by atoms with van der Waals surface area (Å²) in [7, 11) is 0. The molecule has 0 aliphatic heterocycles. The van der Waals surface area contributed by atoms with Crippen molar-refractivity contribution in [2.75, 3.05) is 0 Å². The van der Waals surface area contributed by atoms with Crippen molar-refractivity contribution in [1.29, 1.82) is 0 Å². The fraction of sp³-hybridized carbons (Fsp3) is 0.0455. The Morgan fingerprint density at radius 1 is 0.571 bits per heavy atom. The number of benzene rings is 2. The number of alkyl halides is 3. The molecule has 0 atom stereocenters. The summed E-state index contributed by atoms with van der Waals surface area (Å²) in [6.07, 6.45) is 0.541. The van der Waals surface area contributed by atoms with Crippen molar-refractivity contribution >= 4 is 0 Å². The number of rotatable bonds is 3. The number of nitrogens with zero attached hydrogens (tertiary/aromatic N) is 3. The van der Waals surface area contributed by atoms with Gasteiger partial charge in [-0.1, -0.05) is 36.4 Å². The first-order chi connectivity index (χ1) is 13.5. The summed E-state index contributed by atoms with van der Waals surface area (Å²) in [4.78, 5) is 12.5. The van der Waals surface area contributed by atoms with E-state index >= 15 is 0 Å². The summed E-state index contributed by atoms with van der Waals surface area (Å²) in [5.41, 5.74) is 4.21. The second kappa shape index (κ2) is 7.23. The van der Waals surface area contributed by atoms with Crippen LogP contribution in [-0.2, 0) is 6.18 Å². The second-order valence-corrected chi connectivity index (χ2v) is 6.18. The predicted molar refractivity (Wildman–Crippen MR) is 101 cm³/mol. The molecule has 138 valence electrons. The highest BCUT2D eigenvalue weighted by molar-refractivity contribution is 5.71. The molecule has 2 aromatic carbocycles. The van der Waals surface area contributed by atoms with Gasteiger partial charge in [-0.3, -0.25) is 4.98 Å². The van der Waals surface area contributed by atoms with Crippen LogP contribution in [0, 0.1) is 0 Å². The van der Waals surface area contributed by atoms with E-state index in [1.807, 2.05) is 36.4 Å². The number of hydrogen-bond donors (Lipinski definition) is 0. The van der Waals surface area contributed by atoms with E-state index in [1.54, 1.807) is 18.5 Å². The van der Waals surface area contributed by atoms with E-state index in [1.165, 1.54) is 18.5 Å². The van der Waals surface area contributed by atoms with Gasteiger partial charge >= 0.3 is 6.18 Å². The lowest BCUT2D eigenvalue weighted by molar-refractivity contribution is -0.137. The predicted octanol–water partition coefficient (Wildman–Crippen LogP) is 5.89. The van der Waals surface area contributed by atoms with Gasteiger partial charge < -0.3 is 0 Å². The van der Waals surface area contributed by atoms with Crippen LogP contribution in [0.4, 0.5) is 13.2 Å². The maximum Gasteiger partial charge on any atom is 0.416 e. The average molecular weight is 377 g/mol. The Bertz CT molecular complexity index is 1070. The van der Waals surface area contributed by atoms with Gasteiger partial charge in [0.25, 0.3) is 0 Å². The molecule has 0 unspecified atom stereocenters. The molecule has 0 N–H and O–H groups in total. The van der Waals surface area contributed by atoms with Gasteiger partial charge in [-0.25, -0.2) is 9.97 Å². The summed E-state index contributed by atoms with van der Waals surface area (Å²) in [6.45, 7) is 0. The topological polar surface area (TPSA) is 38.7 Å². The van der Waals surface area contributed by atoms with Gasteiger partial charge in [-0.15, -0.1) is 0 Å². The maximum absolute atomic E-state index is 12.7. The molecule has 0 aliphatic carbocycles. The molecule has 2 heterocycles. The Hall–Kier alpha value is -3.54. The summed E-state index contributed by atoms with van der Waals surface area (Å²) >= 11 is 0. The molecule has 6 heteroatoms. The summed E-state index contributed by atoms with van der Waals surface area (Å²) in [5.74, 6) is 0. The van der Waals surface area contributed by atoms with Gasteiger partial charge in [0.05, 0.1) is 17.0 Å². The second-order valence-electron chi connectivity index (χ2n) is 6.18. The molecule has 0 bridgehead atoms. The van der Waals surface area contributed by atoms with E-state index in [0.29, 0.717) is 17.0 Å². The van der Waals surface area contributed by atoms with Crippen molar-refractivity contribution in [2.24, 2.45) is 0 Å². The Balaban J connectivity index is 1.62. The van der Waals surface area contributed by atoms with Gasteiger partial charge in [0, 0.05) is 23.5 Å².